The number of hydrogen-bond donors (Lipinski definition) is 1. The van der Waals surface area contributed by atoms with E-state index < -0.39 is 5.82 Å². The highest BCUT2D eigenvalue weighted by atomic mass is 32.1. The molecule has 1 aromatic carbocycles. The van der Waals surface area contributed by atoms with Crippen LogP contribution in [0.25, 0.3) is 11.3 Å². The van der Waals surface area contributed by atoms with Crippen molar-refractivity contribution in [3.63, 3.8) is 0 Å². The maximum absolute atomic E-state index is 13.9. The van der Waals surface area contributed by atoms with Gasteiger partial charge in [-0.25, -0.2) is 14.4 Å². The van der Waals surface area contributed by atoms with Gasteiger partial charge in [0.1, 0.15) is 0 Å². The van der Waals surface area contributed by atoms with Gasteiger partial charge < -0.3 is 10.1 Å². The van der Waals surface area contributed by atoms with Gasteiger partial charge in [-0.3, -0.25) is 0 Å². The average molecular weight is 359 g/mol. The van der Waals surface area contributed by atoms with Gasteiger partial charge in [-0.05, 0) is 32.0 Å². The number of halogens is 1. The normalized spacial score (nSPS) is 10.7. The zero-order chi connectivity index (χ0) is 17.8. The van der Waals surface area contributed by atoms with Gasteiger partial charge in [-0.2, -0.15) is 5.10 Å². The number of ether oxygens (including phenoxy) is 1. The molecule has 2 aromatic heterocycles. The molecule has 1 N–H and O–H groups in total. The van der Waals surface area contributed by atoms with E-state index in [-0.39, 0.29) is 5.75 Å². The number of hydrogen-bond acceptors (Lipinski definition) is 7. The minimum Gasteiger partial charge on any atom is -0.494 e. The van der Waals surface area contributed by atoms with Crippen molar-refractivity contribution in [1.29, 1.82) is 0 Å². The van der Waals surface area contributed by atoms with Gasteiger partial charge in [0.2, 0.25) is 5.95 Å². The molecule has 130 valence electrons. The molecule has 0 aliphatic rings. The Morgan fingerprint density at radius 2 is 2.08 bits per heavy atom. The molecule has 0 saturated carbocycles. The molecule has 8 heteroatoms. The Bertz CT molecular complexity index is 864. The lowest BCUT2D eigenvalue weighted by Crippen LogP contribution is -2.09. The van der Waals surface area contributed by atoms with Crippen LogP contribution < -0.4 is 10.1 Å². The van der Waals surface area contributed by atoms with Gasteiger partial charge >= 0.3 is 0 Å². The van der Waals surface area contributed by atoms with Crippen LogP contribution in [-0.2, 0) is 6.42 Å². The van der Waals surface area contributed by atoms with Crippen molar-refractivity contribution < 1.29 is 9.13 Å². The van der Waals surface area contributed by atoms with Gasteiger partial charge in [0, 0.05) is 23.4 Å². The van der Waals surface area contributed by atoms with E-state index in [1.54, 1.807) is 23.5 Å². The topological polar surface area (TPSA) is 72.8 Å². The zero-order valence-corrected chi connectivity index (χ0v) is 15.0. The summed E-state index contributed by atoms with van der Waals surface area (Å²) in [4.78, 5) is 10.1. The highest BCUT2D eigenvalue weighted by molar-refractivity contribution is 7.11. The summed E-state index contributed by atoms with van der Waals surface area (Å²) in [5, 5.41) is 12.1. The van der Waals surface area contributed by atoms with Crippen LogP contribution in [0.4, 0.5) is 10.3 Å². The first-order chi connectivity index (χ1) is 12.1. The summed E-state index contributed by atoms with van der Waals surface area (Å²) in [6.07, 6.45) is 2.28. The fourth-order valence-corrected chi connectivity index (χ4v) is 3.20. The van der Waals surface area contributed by atoms with Crippen LogP contribution in [0.2, 0.25) is 0 Å². The van der Waals surface area contributed by atoms with Crippen LogP contribution in [0.3, 0.4) is 0 Å². The molecule has 0 unspecified atom stereocenters. The summed E-state index contributed by atoms with van der Waals surface area (Å²) in [6, 6.07) is 4.66. The van der Waals surface area contributed by atoms with Gasteiger partial charge in [0.05, 0.1) is 29.7 Å². The van der Waals surface area contributed by atoms with E-state index >= 15 is 0 Å². The molecule has 0 aliphatic heterocycles. The zero-order valence-electron chi connectivity index (χ0n) is 14.2. The van der Waals surface area contributed by atoms with Crippen molar-refractivity contribution in [2.75, 3.05) is 19.0 Å². The van der Waals surface area contributed by atoms with Crippen molar-refractivity contribution in [1.82, 2.24) is 20.2 Å². The molecule has 6 nitrogen and oxygen atoms in total. The van der Waals surface area contributed by atoms with Crippen LogP contribution in [0, 0.1) is 19.7 Å². The first-order valence-electron chi connectivity index (χ1n) is 7.77. The van der Waals surface area contributed by atoms with E-state index in [1.807, 2.05) is 6.92 Å². The Balaban J connectivity index is 1.68. The number of aromatic nitrogens is 4. The Morgan fingerprint density at radius 3 is 2.76 bits per heavy atom. The maximum Gasteiger partial charge on any atom is 0.243 e. The summed E-state index contributed by atoms with van der Waals surface area (Å²) in [5.41, 5.74) is 2.23. The van der Waals surface area contributed by atoms with Gasteiger partial charge in [0.25, 0.3) is 0 Å². The van der Waals surface area contributed by atoms with E-state index in [0.717, 1.165) is 17.1 Å². The number of nitrogens with one attached hydrogen (secondary N) is 1. The van der Waals surface area contributed by atoms with Crippen LogP contribution >= 0.6 is 11.3 Å². The predicted octanol–water partition coefficient (Wildman–Crippen LogP) is 3.41. The molecular weight excluding hydrogens is 341 g/mol. The minimum absolute atomic E-state index is 0.193. The lowest BCUT2D eigenvalue weighted by atomic mass is 10.1. The number of nitrogens with zero attached hydrogens (tertiary/aromatic N) is 4. The minimum atomic E-state index is -0.442. The van der Waals surface area contributed by atoms with E-state index in [9.17, 15) is 4.39 Å². The van der Waals surface area contributed by atoms with Crippen LogP contribution in [-0.4, -0.2) is 33.8 Å². The Hall–Kier alpha value is -2.61. The monoisotopic (exact) mass is 359 g/mol. The van der Waals surface area contributed by atoms with Crippen molar-refractivity contribution in [2.45, 2.75) is 20.3 Å². The van der Waals surface area contributed by atoms with Crippen molar-refractivity contribution in [3.8, 4) is 17.0 Å². The lowest BCUT2D eigenvalue weighted by molar-refractivity contribution is 0.386. The summed E-state index contributed by atoms with van der Waals surface area (Å²) in [6.45, 7) is 4.72. The number of thiazole rings is 1. The molecule has 3 rings (SSSR count). The number of aryl methyl sites for hydroxylation is 2. The number of anilines is 1. The first-order valence-corrected chi connectivity index (χ1v) is 8.59. The van der Waals surface area contributed by atoms with Crippen molar-refractivity contribution >= 4 is 17.3 Å². The second kappa shape index (κ2) is 7.52. The van der Waals surface area contributed by atoms with E-state index in [0.29, 0.717) is 23.8 Å². The first kappa shape index (κ1) is 17.2. The molecule has 2 heterocycles. The molecule has 0 saturated heterocycles. The van der Waals surface area contributed by atoms with E-state index in [4.69, 9.17) is 4.74 Å². The second-order valence-electron chi connectivity index (χ2n) is 5.44. The molecule has 0 aliphatic carbocycles. The fraction of sp³-hybridized carbons (Fsp3) is 0.294. The number of methoxy groups -OCH3 is 1. The molecule has 0 fully saturated rings. The van der Waals surface area contributed by atoms with Crippen molar-refractivity contribution in [3.05, 3.63) is 45.8 Å². The summed E-state index contributed by atoms with van der Waals surface area (Å²) >= 11 is 1.69. The Morgan fingerprint density at radius 1 is 1.24 bits per heavy atom. The van der Waals surface area contributed by atoms with Gasteiger partial charge in [-0.1, -0.05) is 0 Å². The molecule has 0 bridgehead atoms. The Labute approximate surface area is 149 Å². The average Bonchev–Trinajstić information content (AvgIpc) is 2.93. The highest BCUT2D eigenvalue weighted by Gasteiger charge is 2.09. The Kier molecular flexibility index (Phi) is 5.18. The second-order valence-corrected chi connectivity index (χ2v) is 6.73. The molecule has 0 spiro atoms. The fourth-order valence-electron chi connectivity index (χ4n) is 2.27. The van der Waals surface area contributed by atoms with E-state index in [2.05, 4.69) is 32.4 Å². The van der Waals surface area contributed by atoms with E-state index in [1.165, 1.54) is 24.3 Å². The quantitative estimate of drug-likeness (QED) is 0.727. The maximum atomic E-state index is 13.9. The van der Waals surface area contributed by atoms with Gasteiger partial charge in [0.15, 0.2) is 11.6 Å². The molecule has 0 atom stereocenters. The number of benzene rings is 1. The summed E-state index contributed by atoms with van der Waals surface area (Å²) < 4.78 is 18.8. The van der Waals surface area contributed by atoms with Crippen LogP contribution in [0.15, 0.2) is 24.4 Å². The molecule has 0 amide bonds. The number of rotatable bonds is 6. The third-order valence-electron chi connectivity index (χ3n) is 3.70. The standard InChI is InChI=1S/C17H18FN5OS/c1-10-11(2)25-16(21-10)6-7-19-17-22-14(9-20-23-17)12-4-5-15(24-3)13(18)8-12/h4-5,8-9H,6-7H2,1-3H3,(H,19,22,23). The largest absolute Gasteiger partial charge is 0.494 e. The van der Waals surface area contributed by atoms with Crippen molar-refractivity contribution in [2.24, 2.45) is 0 Å². The third kappa shape index (κ3) is 4.08. The molecule has 25 heavy (non-hydrogen) atoms. The summed E-state index contributed by atoms with van der Waals surface area (Å²) in [7, 11) is 1.43. The van der Waals surface area contributed by atoms with Crippen LogP contribution in [0.5, 0.6) is 5.75 Å². The molecular formula is C17H18FN5OS. The predicted molar refractivity (Wildman–Crippen MR) is 95.6 cm³/mol. The summed E-state index contributed by atoms with van der Waals surface area (Å²) in [5.74, 6) is 0.152. The smallest absolute Gasteiger partial charge is 0.243 e. The SMILES string of the molecule is COc1ccc(-c2cnnc(NCCc3nc(C)c(C)s3)n2)cc1F. The lowest BCUT2D eigenvalue weighted by Gasteiger charge is -2.06. The molecule has 3 aromatic rings. The van der Waals surface area contributed by atoms with Gasteiger partial charge in [-0.15, -0.1) is 16.4 Å². The highest BCUT2D eigenvalue weighted by Crippen LogP contribution is 2.24. The third-order valence-corrected chi connectivity index (χ3v) is 4.83. The molecule has 0 radical (unpaired) electrons. The van der Waals surface area contributed by atoms with Crippen LogP contribution in [0.1, 0.15) is 15.6 Å².